The fourth-order valence-electron chi connectivity index (χ4n) is 2.46. The molecule has 0 aliphatic carbocycles. The Morgan fingerprint density at radius 3 is 2.72 bits per heavy atom. The average Bonchev–Trinajstić information content (AvgIpc) is 2.50. The van der Waals surface area contributed by atoms with Gasteiger partial charge in [0, 0.05) is 12.6 Å². The van der Waals surface area contributed by atoms with Crippen LogP contribution in [0.3, 0.4) is 0 Å². The number of carbonyl (C=O) groups excluding carboxylic acids is 2. The first-order valence-corrected chi connectivity index (χ1v) is 6.00. The van der Waals surface area contributed by atoms with Crippen LogP contribution in [0.5, 0.6) is 0 Å². The van der Waals surface area contributed by atoms with E-state index in [9.17, 15) is 9.59 Å². The molecule has 0 N–H and O–H groups in total. The number of rotatable bonds is 1. The molecule has 2 atom stereocenters. The highest BCUT2D eigenvalue weighted by Gasteiger charge is 2.35. The lowest BCUT2D eigenvalue weighted by Gasteiger charge is -2.24. The maximum atomic E-state index is 12.3. The lowest BCUT2D eigenvalue weighted by Crippen LogP contribution is -2.42. The van der Waals surface area contributed by atoms with Gasteiger partial charge in [-0.25, -0.2) is 4.79 Å². The van der Waals surface area contributed by atoms with Gasteiger partial charge in [-0.05, 0) is 24.0 Å². The Labute approximate surface area is 107 Å². The minimum absolute atomic E-state index is 0.120. The van der Waals surface area contributed by atoms with Gasteiger partial charge in [0.2, 0.25) is 0 Å². The van der Waals surface area contributed by atoms with Crippen LogP contribution in [0.2, 0.25) is 0 Å². The Morgan fingerprint density at radius 1 is 1.39 bits per heavy atom. The molecule has 1 aromatic rings. The van der Waals surface area contributed by atoms with Crippen molar-refractivity contribution in [2.75, 3.05) is 14.2 Å². The second-order valence-corrected chi connectivity index (χ2v) is 4.68. The van der Waals surface area contributed by atoms with Gasteiger partial charge in [0.25, 0.3) is 5.91 Å². The van der Waals surface area contributed by atoms with Gasteiger partial charge >= 0.3 is 5.97 Å². The van der Waals surface area contributed by atoms with Gasteiger partial charge in [-0.3, -0.25) is 4.79 Å². The maximum absolute atomic E-state index is 12.3. The van der Waals surface area contributed by atoms with Crippen molar-refractivity contribution in [1.29, 1.82) is 0 Å². The molecule has 0 saturated heterocycles. The van der Waals surface area contributed by atoms with E-state index in [2.05, 4.69) is 0 Å². The second kappa shape index (κ2) is 4.80. The van der Waals surface area contributed by atoms with Crippen molar-refractivity contribution < 1.29 is 14.3 Å². The lowest BCUT2D eigenvalue weighted by atomic mass is 9.92. The van der Waals surface area contributed by atoms with Crippen LogP contribution in [0.4, 0.5) is 0 Å². The Balaban J connectivity index is 2.45. The Bertz CT molecular complexity index is 484. The highest BCUT2D eigenvalue weighted by molar-refractivity contribution is 5.98. The zero-order chi connectivity index (χ0) is 13.3. The van der Waals surface area contributed by atoms with Crippen molar-refractivity contribution in [3.63, 3.8) is 0 Å². The van der Waals surface area contributed by atoms with E-state index in [0.717, 1.165) is 5.56 Å². The minimum atomic E-state index is -0.509. The van der Waals surface area contributed by atoms with Gasteiger partial charge in [0.1, 0.15) is 6.04 Å². The van der Waals surface area contributed by atoms with Gasteiger partial charge in [0.15, 0.2) is 0 Å². The molecular weight excluding hydrogens is 230 g/mol. The van der Waals surface area contributed by atoms with Crippen LogP contribution >= 0.6 is 0 Å². The average molecular weight is 247 g/mol. The predicted molar refractivity (Wildman–Crippen MR) is 67.4 cm³/mol. The zero-order valence-electron chi connectivity index (χ0n) is 10.8. The van der Waals surface area contributed by atoms with Crippen LogP contribution in [0.15, 0.2) is 24.3 Å². The summed E-state index contributed by atoms with van der Waals surface area (Å²) in [6.45, 7) is 2.03. The maximum Gasteiger partial charge on any atom is 0.328 e. The van der Waals surface area contributed by atoms with E-state index in [1.165, 1.54) is 12.0 Å². The number of benzene rings is 1. The Kier molecular flexibility index (Phi) is 3.36. The Hall–Kier alpha value is -1.84. The van der Waals surface area contributed by atoms with E-state index in [-0.39, 0.29) is 17.8 Å². The van der Waals surface area contributed by atoms with Crippen molar-refractivity contribution in [3.8, 4) is 0 Å². The van der Waals surface area contributed by atoms with E-state index in [1.54, 1.807) is 7.05 Å². The molecule has 4 nitrogen and oxygen atoms in total. The molecule has 0 saturated carbocycles. The summed E-state index contributed by atoms with van der Waals surface area (Å²) >= 11 is 0. The molecule has 1 amide bonds. The zero-order valence-corrected chi connectivity index (χ0v) is 10.8. The first kappa shape index (κ1) is 12.6. The first-order chi connectivity index (χ1) is 8.56. The Morgan fingerprint density at radius 2 is 2.06 bits per heavy atom. The summed E-state index contributed by atoms with van der Waals surface area (Å²) in [5, 5.41) is 0. The van der Waals surface area contributed by atoms with E-state index >= 15 is 0 Å². The molecule has 1 aromatic carbocycles. The van der Waals surface area contributed by atoms with E-state index in [1.807, 2.05) is 31.2 Å². The number of hydrogen-bond acceptors (Lipinski definition) is 3. The summed E-state index contributed by atoms with van der Waals surface area (Å²) in [5.74, 6) is -0.324. The van der Waals surface area contributed by atoms with Crippen LogP contribution in [0, 0.1) is 0 Å². The van der Waals surface area contributed by atoms with Gasteiger partial charge in [-0.1, -0.05) is 25.1 Å². The van der Waals surface area contributed by atoms with Gasteiger partial charge in [-0.15, -0.1) is 0 Å². The number of amides is 1. The first-order valence-electron chi connectivity index (χ1n) is 6.00. The quantitative estimate of drug-likeness (QED) is 0.711. The molecule has 0 fully saturated rings. The third-order valence-electron chi connectivity index (χ3n) is 3.56. The van der Waals surface area contributed by atoms with Crippen LogP contribution in [0.1, 0.15) is 35.2 Å². The smallest absolute Gasteiger partial charge is 0.328 e. The fraction of sp³-hybridized carbons (Fsp3) is 0.429. The molecule has 0 bridgehead atoms. The summed E-state index contributed by atoms with van der Waals surface area (Å²) in [6, 6.07) is 7.01. The number of methoxy groups -OCH3 is 1. The van der Waals surface area contributed by atoms with Crippen molar-refractivity contribution in [3.05, 3.63) is 35.4 Å². The largest absolute Gasteiger partial charge is 0.467 e. The summed E-state index contributed by atoms with van der Waals surface area (Å²) in [4.78, 5) is 25.6. The standard InChI is InChI=1S/C14H17NO3/c1-9-8-12(14(17)18-3)15(2)13(16)11-7-5-4-6-10(9)11/h4-7,9,12H,8H2,1-3H3. The highest BCUT2D eigenvalue weighted by atomic mass is 16.5. The molecule has 1 aliphatic rings. The van der Waals surface area contributed by atoms with Crippen LogP contribution < -0.4 is 0 Å². The number of nitrogens with zero attached hydrogens (tertiary/aromatic N) is 1. The number of carbonyl (C=O) groups is 2. The van der Waals surface area contributed by atoms with Crippen molar-refractivity contribution in [2.45, 2.75) is 25.3 Å². The number of esters is 1. The third-order valence-corrected chi connectivity index (χ3v) is 3.56. The highest BCUT2D eigenvalue weighted by Crippen LogP contribution is 2.30. The minimum Gasteiger partial charge on any atom is -0.467 e. The number of ether oxygens (including phenoxy) is 1. The predicted octanol–water partition coefficient (Wildman–Crippen LogP) is 1.81. The second-order valence-electron chi connectivity index (χ2n) is 4.68. The van der Waals surface area contributed by atoms with Gasteiger partial charge < -0.3 is 9.64 Å². The SMILES string of the molecule is COC(=O)C1CC(C)c2ccccc2C(=O)N1C. The van der Waals surface area contributed by atoms with Crippen LogP contribution in [-0.2, 0) is 9.53 Å². The molecular formula is C14H17NO3. The molecule has 2 unspecified atom stereocenters. The molecule has 0 spiro atoms. The van der Waals surface area contributed by atoms with E-state index in [0.29, 0.717) is 12.0 Å². The number of likely N-dealkylation sites (N-methyl/N-ethyl adjacent to an activating group) is 1. The summed E-state index contributed by atoms with van der Waals surface area (Å²) < 4.78 is 4.78. The summed E-state index contributed by atoms with van der Waals surface area (Å²) in [7, 11) is 3.00. The van der Waals surface area contributed by atoms with Crippen LogP contribution in [-0.4, -0.2) is 37.0 Å². The molecule has 96 valence electrons. The molecule has 4 heteroatoms. The number of fused-ring (bicyclic) bond motifs is 1. The molecule has 2 rings (SSSR count). The topological polar surface area (TPSA) is 46.6 Å². The monoisotopic (exact) mass is 247 g/mol. The van der Waals surface area contributed by atoms with Crippen molar-refractivity contribution >= 4 is 11.9 Å². The summed E-state index contributed by atoms with van der Waals surface area (Å²) in [5.41, 5.74) is 1.68. The fourth-order valence-corrected chi connectivity index (χ4v) is 2.46. The molecule has 0 aromatic heterocycles. The molecule has 1 aliphatic heterocycles. The van der Waals surface area contributed by atoms with E-state index < -0.39 is 6.04 Å². The van der Waals surface area contributed by atoms with Gasteiger partial charge in [0.05, 0.1) is 7.11 Å². The van der Waals surface area contributed by atoms with E-state index in [4.69, 9.17) is 4.74 Å². The third kappa shape index (κ3) is 1.98. The van der Waals surface area contributed by atoms with Crippen molar-refractivity contribution in [2.24, 2.45) is 0 Å². The molecule has 0 radical (unpaired) electrons. The van der Waals surface area contributed by atoms with Crippen molar-refractivity contribution in [1.82, 2.24) is 4.90 Å². The number of hydrogen-bond donors (Lipinski definition) is 0. The lowest BCUT2D eigenvalue weighted by molar-refractivity contribution is -0.145. The summed E-state index contributed by atoms with van der Waals surface area (Å²) in [6.07, 6.45) is 0.589. The van der Waals surface area contributed by atoms with Crippen LogP contribution in [0.25, 0.3) is 0 Å². The normalized spacial score (nSPS) is 23.3. The van der Waals surface area contributed by atoms with Gasteiger partial charge in [-0.2, -0.15) is 0 Å². The molecule has 1 heterocycles. The molecule has 18 heavy (non-hydrogen) atoms.